The summed E-state index contributed by atoms with van der Waals surface area (Å²) < 4.78 is 0. The SMILES string of the molecule is Cc1ccc(NCC[C@@H](O)c2ccccc2)cc1C. The summed E-state index contributed by atoms with van der Waals surface area (Å²) >= 11 is 0. The highest BCUT2D eigenvalue weighted by molar-refractivity contribution is 5.48. The summed E-state index contributed by atoms with van der Waals surface area (Å²) in [6.07, 6.45) is 0.303. The van der Waals surface area contributed by atoms with Crippen LogP contribution in [0.4, 0.5) is 5.69 Å². The largest absolute Gasteiger partial charge is 0.388 e. The van der Waals surface area contributed by atoms with E-state index in [1.807, 2.05) is 30.3 Å². The fourth-order valence-electron chi connectivity index (χ4n) is 2.05. The Morgan fingerprint density at radius 2 is 1.74 bits per heavy atom. The quantitative estimate of drug-likeness (QED) is 0.850. The van der Waals surface area contributed by atoms with Gasteiger partial charge in [-0.1, -0.05) is 36.4 Å². The highest BCUT2D eigenvalue weighted by Crippen LogP contribution is 2.17. The van der Waals surface area contributed by atoms with Crippen LogP contribution in [0.5, 0.6) is 0 Å². The lowest BCUT2D eigenvalue weighted by Gasteiger charge is -2.13. The van der Waals surface area contributed by atoms with Crippen molar-refractivity contribution in [2.45, 2.75) is 26.4 Å². The minimum Gasteiger partial charge on any atom is -0.388 e. The van der Waals surface area contributed by atoms with E-state index in [9.17, 15) is 5.11 Å². The van der Waals surface area contributed by atoms with Gasteiger partial charge in [0.05, 0.1) is 6.10 Å². The van der Waals surface area contributed by atoms with Gasteiger partial charge in [0.2, 0.25) is 0 Å². The second-order valence-electron chi connectivity index (χ2n) is 4.94. The van der Waals surface area contributed by atoms with Gasteiger partial charge in [0.1, 0.15) is 0 Å². The first-order chi connectivity index (χ1) is 9.16. The van der Waals surface area contributed by atoms with Crippen LogP contribution < -0.4 is 5.32 Å². The first-order valence-electron chi connectivity index (χ1n) is 6.71. The number of benzene rings is 2. The highest BCUT2D eigenvalue weighted by Gasteiger charge is 2.06. The predicted molar refractivity (Wildman–Crippen MR) is 80.4 cm³/mol. The van der Waals surface area contributed by atoms with Gasteiger partial charge in [0.25, 0.3) is 0 Å². The molecule has 0 saturated carbocycles. The van der Waals surface area contributed by atoms with E-state index in [0.29, 0.717) is 6.42 Å². The Labute approximate surface area is 115 Å². The number of nitrogens with one attached hydrogen (secondary N) is 1. The van der Waals surface area contributed by atoms with Crippen molar-refractivity contribution in [3.8, 4) is 0 Å². The van der Waals surface area contributed by atoms with Gasteiger partial charge in [-0.25, -0.2) is 0 Å². The van der Waals surface area contributed by atoms with E-state index >= 15 is 0 Å². The molecular weight excluding hydrogens is 234 g/mol. The molecule has 0 heterocycles. The summed E-state index contributed by atoms with van der Waals surface area (Å²) in [4.78, 5) is 0. The Morgan fingerprint density at radius 3 is 2.42 bits per heavy atom. The van der Waals surface area contributed by atoms with Crippen molar-refractivity contribution < 1.29 is 5.11 Å². The minimum atomic E-state index is -0.403. The molecule has 0 aromatic heterocycles. The molecule has 0 aliphatic carbocycles. The van der Waals surface area contributed by atoms with Gasteiger partial charge in [-0.05, 0) is 49.1 Å². The van der Waals surface area contributed by atoms with Gasteiger partial charge in [0.15, 0.2) is 0 Å². The van der Waals surface area contributed by atoms with Gasteiger partial charge in [0, 0.05) is 12.2 Å². The second kappa shape index (κ2) is 6.39. The fourth-order valence-corrected chi connectivity index (χ4v) is 2.05. The summed E-state index contributed by atoms with van der Waals surface area (Å²) in [6, 6.07) is 16.1. The molecule has 2 nitrogen and oxygen atoms in total. The molecular formula is C17H21NO. The zero-order chi connectivity index (χ0) is 13.7. The van der Waals surface area contributed by atoms with Gasteiger partial charge in [-0.3, -0.25) is 0 Å². The average Bonchev–Trinajstić information content (AvgIpc) is 2.43. The van der Waals surface area contributed by atoms with Gasteiger partial charge in [-0.2, -0.15) is 0 Å². The van der Waals surface area contributed by atoms with E-state index in [1.54, 1.807) is 0 Å². The fraction of sp³-hybridized carbons (Fsp3) is 0.294. The maximum Gasteiger partial charge on any atom is 0.0806 e. The molecule has 0 spiro atoms. The van der Waals surface area contributed by atoms with Crippen LogP contribution in [0.1, 0.15) is 29.2 Å². The molecule has 0 aliphatic heterocycles. The third kappa shape index (κ3) is 3.83. The molecule has 0 amide bonds. The standard InChI is InChI=1S/C17H21NO/c1-13-8-9-16(12-14(13)2)18-11-10-17(19)15-6-4-3-5-7-15/h3-9,12,17-19H,10-11H2,1-2H3/t17-/m1/s1. The van der Waals surface area contributed by atoms with Gasteiger partial charge < -0.3 is 10.4 Å². The number of rotatable bonds is 5. The van der Waals surface area contributed by atoms with Gasteiger partial charge in [-0.15, -0.1) is 0 Å². The zero-order valence-corrected chi connectivity index (χ0v) is 11.6. The van der Waals surface area contributed by atoms with E-state index in [2.05, 4.69) is 37.4 Å². The Hall–Kier alpha value is -1.80. The van der Waals surface area contributed by atoms with Crippen molar-refractivity contribution in [3.05, 3.63) is 65.2 Å². The molecule has 2 rings (SSSR count). The van der Waals surface area contributed by atoms with Crippen molar-refractivity contribution in [1.29, 1.82) is 0 Å². The molecule has 2 heteroatoms. The van der Waals surface area contributed by atoms with Crippen LogP contribution in [0.25, 0.3) is 0 Å². The number of aliphatic hydroxyl groups is 1. The molecule has 0 aliphatic rings. The van der Waals surface area contributed by atoms with Crippen molar-refractivity contribution in [2.75, 3.05) is 11.9 Å². The van der Waals surface area contributed by atoms with Crippen molar-refractivity contribution in [1.82, 2.24) is 0 Å². The molecule has 2 aromatic rings. The summed E-state index contributed by atoms with van der Waals surface area (Å²) in [6.45, 7) is 4.98. The van der Waals surface area contributed by atoms with Crippen molar-refractivity contribution in [3.63, 3.8) is 0 Å². The number of aryl methyl sites for hydroxylation is 2. The van der Waals surface area contributed by atoms with E-state index in [4.69, 9.17) is 0 Å². The van der Waals surface area contributed by atoms with Crippen LogP contribution in [0.2, 0.25) is 0 Å². The molecule has 0 unspecified atom stereocenters. The first-order valence-corrected chi connectivity index (χ1v) is 6.71. The summed E-state index contributed by atoms with van der Waals surface area (Å²) in [5.41, 5.74) is 4.68. The van der Waals surface area contributed by atoms with Crippen molar-refractivity contribution >= 4 is 5.69 Å². The molecule has 1 atom stereocenters. The molecule has 19 heavy (non-hydrogen) atoms. The third-order valence-electron chi connectivity index (χ3n) is 3.44. The Bertz CT molecular complexity index is 522. The van der Waals surface area contributed by atoms with Crippen LogP contribution in [-0.4, -0.2) is 11.7 Å². The number of hydrogen-bond acceptors (Lipinski definition) is 2. The molecule has 0 radical (unpaired) electrons. The monoisotopic (exact) mass is 255 g/mol. The average molecular weight is 255 g/mol. The van der Waals surface area contributed by atoms with E-state index in [-0.39, 0.29) is 0 Å². The number of anilines is 1. The van der Waals surface area contributed by atoms with Crippen LogP contribution in [-0.2, 0) is 0 Å². The van der Waals surface area contributed by atoms with Crippen LogP contribution >= 0.6 is 0 Å². The Morgan fingerprint density at radius 1 is 1.00 bits per heavy atom. The smallest absolute Gasteiger partial charge is 0.0806 e. The van der Waals surface area contributed by atoms with Crippen LogP contribution in [0.15, 0.2) is 48.5 Å². The lowest BCUT2D eigenvalue weighted by molar-refractivity contribution is 0.171. The van der Waals surface area contributed by atoms with Crippen molar-refractivity contribution in [2.24, 2.45) is 0 Å². The van der Waals surface area contributed by atoms with Crippen LogP contribution in [0, 0.1) is 13.8 Å². The third-order valence-corrected chi connectivity index (χ3v) is 3.44. The lowest BCUT2D eigenvalue weighted by atomic mass is 10.1. The number of hydrogen-bond donors (Lipinski definition) is 2. The van der Waals surface area contributed by atoms with E-state index < -0.39 is 6.10 Å². The van der Waals surface area contributed by atoms with Gasteiger partial charge >= 0.3 is 0 Å². The maximum absolute atomic E-state index is 10.1. The van der Waals surface area contributed by atoms with E-state index in [0.717, 1.165) is 17.8 Å². The van der Waals surface area contributed by atoms with E-state index in [1.165, 1.54) is 11.1 Å². The predicted octanol–water partition coefficient (Wildman–Crippen LogP) is 3.84. The topological polar surface area (TPSA) is 32.3 Å². The molecule has 100 valence electrons. The normalized spacial score (nSPS) is 12.2. The Balaban J connectivity index is 1.85. The van der Waals surface area contributed by atoms with Crippen LogP contribution in [0.3, 0.4) is 0 Å². The molecule has 0 saturated heterocycles. The second-order valence-corrected chi connectivity index (χ2v) is 4.94. The first kappa shape index (κ1) is 13.6. The molecule has 0 bridgehead atoms. The maximum atomic E-state index is 10.1. The Kier molecular flexibility index (Phi) is 4.58. The highest BCUT2D eigenvalue weighted by atomic mass is 16.3. The summed E-state index contributed by atoms with van der Waals surface area (Å²) in [5, 5.41) is 13.4. The lowest BCUT2D eigenvalue weighted by Crippen LogP contribution is -2.07. The molecule has 2 N–H and O–H groups in total. The number of aliphatic hydroxyl groups excluding tert-OH is 1. The zero-order valence-electron chi connectivity index (χ0n) is 11.6. The molecule has 0 fully saturated rings. The minimum absolute atomic E-state index is 0.403. The molecule has 2 aromatic carbocycles. The summed E-state index contributed by atoms with van der Waals surface area (Å²) in [5.74, 6) is 0. The summed E-state index contributed by atoms with van der Waals surface area (Å²) in [7, 11) is 0.